The van der Waals surface area contributed by atoms with E-state index in [0.717, 1.165) is 22.8 Å². The van der Waals surface area contributed by atoms with Gasteiger partial charge in [0.25, 0.3) is 0 Å². The Labute approximate surface area is 190 Å². The monoisotopic (exact) mass is 451 g/mol. The van der Waals surface area contributed by atoms with E-state index in [-0.39, 0.29) is 12.0 Å². The van der Waals surface area contributed by atoms with Crippen LogP contribution in [-0.4, -0.2) is 10.3 Å². The number of benzene rings is 3. The van der Waals surface area contributed by atoms with Gasteiger partial charge in [0, 0.05) is 5.56 Å². The van der Waals surface area contributed by atoms with Crippen molar-refractivity contribution in [1.82, 2.24) is 5.16 Å². The van der Waals surface area contributed by atoms with Crippen LogP contribution in [0, 0.1) is 6.92 Å². The van der Waals surface area contributed by atoms with Crippen LogP contribution in [-0.2, 0) is 12.6 Å². The largest absolute Gasteiger partial charge is 0.416 e. The summed E-state index contributed by atoms with van der Waals surface area (Å²) in [5, 5.41) is 14.9. The molecule has 1 aromatic heterocycles. The molecule has 0 aliphatic carbocycles. The number of nitrogens with zero attached hydrogens (tertiary/aromatic N) is 1. The Kier molecular flexibility index (Phi) is 6.65. The molecule has 0 saturated heterocycles. The third kappa shape index (κ3) is 5.17. The van der Waals surface area contributed by atoms with Crippen molar-refractivity contribution in [3.8, 4) is 22.5 Å². The van der Waals surface area contributed by atoms with Crippen molar-refractivity contribution >= 4 is 0 Å². The van der Waals surface area contributed by atoms with Gasteiger partial charge in [0.05, 0.1) is 22.9 Å². The Hall–Kier alpha value is -3.38. The van der Waals surface area contributed by atoms with Crippen molar-refractivity contribution in [2.75, 3.05) is 0 Å². The second-order valence-corrected chi connectivity index (χ2v) is 8.02. The number of alkyl halides is 3. The molecule has 170 valence electrons. The highest BCUT2D eigenvalue weighted by molar-refractivity contribution is 5.69. The lowest BCUT2D eigenvalue weighted by Gasteiger charge is -2.14. The van der Waals surface area contributed by atoms with Gasteiger partial charge in [0.1, 0.15) is 0 Å². The molecule has 0 fully saturated rings. The van der Waals surface area contributed by atoms with E-state index < -0.39 is 17.8 Å². The fraction of sp³-hybridized carbons (Fsp3) is 0.222. The molecule has 3 nitrogen and oxygen atoms in total. The molecule has 3 aromatic carbocycles. The predicted octanol–water partition coefficient (Wildman–Crippen LogP) is 7.39. The SMILES string of the molecule is Cc1noc(-c2ccc(-c3ccccc3)cc2)c1C(O)CCCc1ccccc1C(F)(F)F. The number of aromatic nitrogens is 1. The Balaban J connectivity index is 1.48. The predicted molar refractivity (Wildman–Crippen MR) is 121 cm³/mol. The van der Waals surface area contributed by atoms with Crippen LogP contribution < -0.4 is 0 Å². The highest BCUT2D eigenvalue weighted by atomic mass is 19.4. The normalized spacial score (nSPS) is 12.6. The van der Waals surface area contributed by atoms with Crippen LogP contribution in [0.5, 0.6) is 0 Å². The van der Waals surface area contributed by atoms with Gasteiger partial charge in [-0.1, -0.05) is 78.0 Å². The molecule has 1 heterocycles. The molecule has 1 N–H and O–H groups in total. The number of aliphatic hydroxyl groups excluding tert-OH is 1. The zero-order valence-corrected chi connectivity index (χ0v) is 18.1. The molecule has 4 aromatic rings. The summed E-state index contributed by atoms with van der Waals surface area (Å²) < 4.78 is 45.2. The summed E-state index contributed by atoms with van der Waals surface area (Å²) in [7, 11) is 0. The maximum atomic E-state index is 13.2. The summed E-state index contributed by atoms with van der Waals surface area (Å²) in [5.74, 6) is 0.482. The third-order valence-electron chi connectivity index (χ3n) is 5.74. The van der Waals surface area contributed by atoms with Crippen molar-refractivity contribution in [3.05, 3.63) is 101 Å². The third-order valence-corrected chi connectivity index (χ3v) is 5.74. The summed E-state index contributed by atoms with van der Waals surface area (Å²) in [6.45, 7) is 1.75. The molecular formula is C27H24F3NO2. The van der Waals surface area contributed by atoms with Crippen molar-refractivity contribution < 1.29 is 22.8 Å². The van der Waals surface area contributed by atoms with E-state index in [2.05, 4.69) is 5.16 Å². The molecule has 0 amide bonds. The Bertz CT molecular complexity index is 1200. The number of hydrogen-bond donors (Lipinski definition) is 1. The van der Waals surface area contributed by atoms with Crippen LogP contribution in [0.1, 0.15) is 41.3 Å². The number of aryl methyl sites for hydroxylation is 2. The maximum Gasteiger partial charge on any atom is 0.416 e. The molecule has 0 spiro atoms. The minimum Gasteiger partial charge on any atom is -0.388 e. The highest BCUT2D eigenvalue weighted by Crippen LogP contribution is 2.36. The Morgan fingerprint density at radius 1 is 0.848 bits per heavy atom. The van der Waals surface area contributed by atoms with E-state index in [1.807, 2.05) is 54.6 Å². The minimum absolute atomic E-state index is 0.220. The molecule has 0 aliphatic rings. The smallest absolute Gasteiger partial charge is 0.388 e. The van der Waals surface area contributed by atoms with Crippen LogP contribution in [0.2, 0.25) is 0 Å². The molecule has 4 rings (SSSR count). The van der Waals surface area contributed by atoms with E-state index in [1.54, 1.807) is 13.0 Å². The molecule has 1 atom stereocenters. The first-order valence-corrected chi connectivity index (χ1v) is 10.8. The fourth-order valence-electron chi connectivity index (χ4n) is 4.07. The van der Waals surface area contributed by atoms with E-state index >= 15 is 0 Å². The first-order valence-electron chi connectivity index (χ1n) is 10.8. The number of halogens is 3. The molecular weight excluding hydrogens is 427 g/mol. The maximum absolute atomic E-state index is 13.2. The van der Waals surface area contributed by atoms with Crippen molar-refractivity contribution in [1.29, 1.82) is 0 Å². The lowest BCUT2D eigenvalue weighted by Crippen LogP contribution is -2.09. The number of rotatable bonds is 7. The number of hydrogen-bond acceptors (Lipinski definition) is 3. The lowest BCUT2D eigenvalue weighted by atomic mass is 9.95. The molecule has 0 saturated carbocycles. The van der Waals surface area contributed by atoms with Crippen LogP contribution in [0.15, 0.2) is 83.4 Å². The topological polar surface area (TPSA) is 46.3 Å². The zero-order chi connectivity index (χ0) is 23.4. The van der Waals surface area contributed by atoms with Crippen LogP contribution in [0.3, 0.4) is 0 Å². The zero-order valence-electron chi connectivity index (χ0n) is 18.1. The fourth-order valence-corrected chi connectivity index (χ4v) is 4.07. The quantitative estimate of drug-likeness (QED) is 0.319. The summed E-state index contributed by atoms with van der Waals surface area (Å²) >= 11 is 0. The van der Waals surface area contributed by atoms with Crippen LogP contribution in [0.25, 0.3) is 22.5 Å². The van der Waals surface area contributed by atoms with Crippen molar-refractivity contribution in [3.63, 3.8) is 0 Å². The summed E-state index contributed by atoms with van der Waals surface area (Å²) in [4.78, 5) is 0. The lowest BCUT2D eigenvalue weighted by molar-refractivity contribution is -0.138. The van der Waals surface area contributed by atoms with Gasteiger partial charge in [-0.2, -0.15) is 13.2 Å². The first kappa shape index (κ1) is 22.8. The standard InChI is InChI=1S/C27H24F3NO2/c1-18-25(24(32)13-7-11-21-10-5-6-12-23(21)27(28,29)30)26(33-31-18)22-16-14-20(15-17-22)19-8-3-2-4-9-19/h2-6,8-10,12,14-17,24,32H,7,11,13H2,1H3. The second-order valence-electron chi connectivity index (χ2n) is 8.02. The van der Waals surface area contributed by atoms with E-state index in [1.165, 1.54) is 12.1 Å². The average Bonchev–Trinajstić information content (AvgIpc) is 3.21. The van der Waals surface area contributed by atoms with Gasteiger partial charge in [-0.3, -0.25) is 0 Å². The van der Waals surface area contributed by atoms with Gasteiger partial charge < -0.3 is 9.63 Å². The van der Waals surface area contributed by atoms with Crippen molar-refractivity contribution in [2.45, 2.75) is 38.5 Å². The van der Waals surface area contributed by atoms with Gasteiger partial charge in [0.15, 0.2) is 5.76 Å². The molecule has 33 heavy (non-hydrogen) atoms. The Morgan fingerprint density at radius 3 is 2.15 bits per heavy atom. The molecule has 6 heteroatoms. The molecule has 0 aliphatic heterocycles. The summed E-state index contributed by atoms with van der Waals surface area (Å²) in [5.41, 5.74) is 3.69. The van der Waals surface area contributed by atoms with Gasteiger partial charge in [-0.05, 0) is 48.9 Å². The van der Waals surface area contributed by atoms with Gasteiger partial charge in [0.2, 0.25) is 0 Å². The van der Waals surface area contributed by atoms with Crippen LogP contribution >= 0.6 is 0 Å². The highest BCUT2D eigenvalue weighted by Gasteiger charge is 2.32. The minimum atomic E-state index is -4.39. The summed E-state index contributed by atoms with van der Waals surface area (Å²) in [6.07, 6.45) is -4.37. The van der Waals surface area contributed by atoms with E-state index in [4.69, 9.17) is 4.52 Å². The van der Waals surface area contributed by atoms with Crippen molar-refractivity contribution in [2.24, 2.45) is 0 Å². The molecule has 0 radical (unpaired) electrons. The first-order chi connectivity index (χ1) is 15.8. The Morgan fingerprint density at radius 2 is 1.45 bits per heavy atom. The molecule has 0 bridgehead atoms. The van der Waals surface area contributed by atoms with Crippen LogP contribution in [0.4, 0.5) is 13.2 Å². The van der Waals surface area contributed by atoms with Gasteiger partial charge >= 0.3 is 6.18 Å². The molecule has 1 unspecified atom stereocenters. The summed E-state index contributed by atoms with van der Waals surface area (Å²) in [6, 6.07) is 23.3. The van der Waals surface area contributed by atoms with Gasteiger partial charge in [-0.15, -0.1) is 0 Å². The number of aliphatic hydroxyl groups is 1. The average molecular weight is 451 g/mol. The second kappa shape index (κ2) is 9.63. The van der Waals surface area contributed by atoms with E-state index in [9.17, 15) is 18.3 Å². The van der Waals surface area contributed by atoms with E-state index in [0.29, 0.717) is 29.9 Å². The van der Waals surface area contributed by atoms with Gasteiger partial charge in [-0.25, -0.2) is 0 Å².